The second-order valence-electron chi connectivity index (χ2n) is 4.39. The van der Waals surface area contributed by atoms with E-state index in [4.69, 9.17) is 10.5 Å². The van der Waals surface area contributed by atoms with Crippen LogP contribution in [0.3, 0.4) is 0 Å². The second kappa shape index (κ2) is 6.54. The van der Waals surface area contributed by atoms with Gasteiger partial charge in [0.2, 0.25) is 0 Å². The fraction of sp³-hybridized carbons (Fsp3) is 0.571. The van der Waals surface area contributed by atoms with Crippen LogP contribution < -0.4 is 5.73 Å². The third-order valence-corrected chi connectivity index (χ3v) is 3.16. The van der Waals surface area contributed by atoms with Crippen molar-refractivity contribution in [2.75, 3.05) is 13.7 Å². The Morgan fingerprint density at radius 3 is 2.88 bits per heavy atom. The van der Waals surface area contributed by atoms with Crippen molar-refractivity contribution in [2.45, 2.75) is 32.6 Å². The van der Waals surface area contributed by atoms with Crippen LogP contribution in [0.25, 0.3) is 0 Å². The maximum absolute atomic E-state index is 5.78. The molecule has 0 aliphatic heterocycles. The molecule has 0 amide bonds. The SMILES string of the molecule is C=C1/C=C(C)\C(OC)=C/CCCCC1CN. The van der Waals surface area contributed by atoms with Gasteiger partial charge in [-0.25, -0.2) is 0 Å². The Kier molecular flexibility index (Phi) is 5.33. The van der Waals surface area contributed by atoms with Crippen molar-refractivity contribution in [1.82, 2.24) is 0 Å². The van der Waals surface area contributed by atoms with Gasteiger partial charge in [0, 0.05) is 0 Å². The molecule has 90 valence electrons. The number of allylic oxidation sites excluding steroid dienone is 3. The van der Waals surface area contributed by atoms with Gasteiger partial charge in [-0.15, -0.1) is 0 Å². The number of hydrogen-bond acceptors (Lipinski definition) is 2. The summed E-state index contributed by atoms with van der Waals surface area (Å²) in [5.74, 6) is 1.39. The third-order valence-electron chi connectivity index (χ3n) is 3.16. The molecule has 2 heteroatoms. The van der Waals surface area contributed by atoms with Crippen LogP contribution in [-0.4, -0.2) is 13.7 Å². The maximum Gasteiger partial charge on any atom is 0.117 e. The van der Waals surface area contributed by atoms with Gasteiger partial charge in [-0.1, -0.05) is 24.6 Å². The summed E-state index contributed by atoms with van der Waals surface area (Å²) < 4.78 is 5.37. The second-order valence-corrected chi connectivity index (χ2v) is 4.39. The molecule has 0 heterocycles. The van der Waals surface area contributed by atoms with Crippen molar-refractivity contribution in [3.8, 4) is 0 Å². The largest absolute Gasteiger partial charge is 0.497 e. The van der Waals surface area contributed by atoms with Crippen molar-refractivity contribution in [3.63, 3.8) is 0 Å². The Morgan fingerprint density at radius 2 is 2.25 bits per heavy atom. The molecule has 0 aromatic carbocycles. The fourth-order valence-corrected chi connectivity index (χ4v) is 2.10. The van der Waals surface area contributed by atoms with Gasteiger partial charge in [-0.2, -0.15) is 0 Å². The Hall–Kier alpha value is -1.02. The number of hydrogen-bond donors (Lipinski definition) is 1. The van der Waals surface area contributed by atoms with Gasteiger partial charge in [0.15, 0.2) is 0 Å². The number of rotatable bonds is 2. The molecular formula is C14H23NO. The third kappa shape index (κ3) is 3.53. The highest BCUT2D eigenvalue weighted by atomic mass is 16.5. The van der Waals surface area contributed by atoms with Crippen molar-refractivity contribution in [3.05, 3.63) is 35.6 Å². The summed E-state index contributed by atoms with van der Waals surface area (Å²) in [7, 11) is 1.72. The molecule has 1 unspecified atom stereocenters. The van der Waals surface area contributed by atoms with E-state index in [1.54, 1.807) is 7.11 Å². The highest BCUT2D eigenvalue weighted by Crippen LogP contribution is 2.23. The summed E-state index contributed by atoms with van der Waals surface area (Å²) in [5, 5.41) is 0. The van der Waals surface area contributed by atoms with Crippen molar-refractivity contribution in [2.24, 2.45) is 11.7 Å². The molecule has 1 atom stereocenters. The standard InChI is InChI=1S/C14H23NO/c1-11-9-12(2)14(16-3)8-6-4-5-7-13(11)10-15/h8-9,13H,1,4-7,10,15H2,2-3H3/b12-9-,14-8+. The minimum absolute atomic E-state index is 0.422. The van der Waals surface area contributed by atoms with Gasteiger partial charge >= 0.3 is 0 Å². The van der Waals surface area contributed by atoms with E-state index >= 15 is 0 Å². The number of ether oxygens (including phenoxy) is 1. The van der Waals surface area contributed by atoms with Crippen LogP contribution in [0.4, 0.5) is 0 Å². The van der Waals surface area contributed by atoms with Crippen LogP contribution in [0.2, 0.25) is 0 Å². The first-order valence-corrected chi connectivity index (χ1v) is 6.00. The van der Waals surface area contributed by atoms with Crippen molar-refractivity contribution >= 4 is 0 Å². The molecule has 0 saturated carbocycles. The lowest BCUT2D eigenvalue weighted by Crippen LogP contribution is -2.16. The van der Waals surface area contributed by atoms with E-state index in [0.29, 0.717) is 12.5 Å². The van der Waals surface area contributed by atoms with Crippen LogP contribution in [0.1, 0.15) is 32.6 Å². The predicted molar refractivity (Wildman–Crippen MR) is 69.0 cm³/mol. The first-order chi connectivity index (χ1) is 7.69. The van der Waals surface area contributed by atoms with Crippen molar-refractivity contribution < 1.29 is 4.74 Å². The normalized spacial score (nSPS) is 29.9. The quantitative estimate of drug-likeness (QED) is 0.777. The molecule has 0 saturated heterocycles. The zero-order chi connectivity index (χ0) is 12.0. The van der Waals surface area contributed by atoms with Crippen LogP contribution in [0.15, 0.2) is 35.6 Å². The summed E-state index contributed by atoms with van der Waals surface area (Å²) in [6, 6.07) is 0. The lowest BCUT2D eigenvalue weighted by molar-refractivity contribution is 0.298. The van der Waals surface area contributed by atoms with E-state index in [1.807, 2.05) is 0 Å². The van der Waals surface area contributed by atoms with E-state index in [-0.39, 0.29) is 0 Å². The lowest BCUT2D eigenvalue weighted by atomic mass is 9.91. The van der Waals surface area contributed by atoms with Crippen LogP contribution in [0.5, 0.6) is 0 Å². The zero-order valence-electron chi connectivity index (χ0n) is 10.5. The zero-order valence-corrected chi connectivity index (χ0v) is 10.5. The maximum atomic E-state index is 5.78. The summed E-state index contributed by atoms with van der Waals surface area (Å²) in [6.07, 6.45) is 8.92. The Bertz CT molecular complexity index is 302. The molecule has 2 N–H and O–H groups in total. The summed E-state index contributed by atoms with van der Waals surface area (Å²) >= 11 is 0. The molecular weight excluding hydrogens is 198 g/mol. The van der Waals surface area contributed by atoms with Gasteiger partial charge in [0.25, 0.3) is 0 Å². The number of nitrogens with two attached hydrogens (primary N) is 1. The van der Waals surface area contributed by atoms with Gasteiger partial charge in [-0.05, 0) is 50.3 Å². The van der Waals surface area contributed by atoms with Gasteiger partial charge in [-0.3, -0.25) is 0 Å². The van der Waals surface area contributed by atoms with Crippen LogP contribution in [0, 0.1) is 5.92 Å². The molecule has 1 aliphatic rings. The van der Waals surface area contributed by atoms with E-state index in [1.165, 1.54) is 12.8 Å². The minimum atomic E-state index is 0.422. The lowest BCUT2D eigenvalue weighted by Gasteiger charge is -2.18. The average molecular weight is 221 g/mol. The highest BCUT2D eigenvalue weighted by molar-refractivity contribution is 5.32. The van der Waals surface area contributed by atoms with Gasteiger partial charge < -0.3 is 10.5 Å². The molecule has 0 radical (unpaired) electrons. The Morgan fingerprint density at radius 1 is 1.50 bits per heavy atom. The smallest absolute Gasteiger partial charge is 0.117 e. The topological polar surface area (TPSA) is 35.2 Å². The summed E-state index contributed by atoms with van der Waals surface area (Å²) in [4.78, 5) is 0. The predicted octanol–water partition coefficient (Wildman–Crippen LogP) is 3.17. The van der Waals surface area contributed by atoms with Crippen LogP contribution >= 0.6 is 0 Å². The molecule has 0 bridgehead atoms. The van der Waals surface area contributed by atoms with E-state index in [0.717, 1.165) is 29.7 Å². The first-order valence-electron chi connectivity index (χ1n) is 6.00. The summed E-state index contributed by atoms with van der Waals surface area (Å²) in [5.41, 5.74) is 8.06. The van der Waals surface area contributed by atoms with Gasteiger partial charge in [0.1, 0.15) is 5.76 Å². The summed E-state index contributed by atoms with van der Waals surface area (Å²) in [6.45, 7) is 6.87. The molecule has 1 rings (SSSR count). The van der Waals surface area contributed by atoms with Crippen LogP contribution in [-0.2, 0) is 4.74 Å². The molecule has 16 heavy (non-hydrogen) atoms. The Balaban J connectivity index is 2.89. The molecule has 0 aromatic heterocycles. The minimum Gasteiger partial charge on any atom is -0.497 e. The average Bonchev–Trinajstić information content (AvgIpc) is 2.27. The molecule has 0 spiro atoms. The number of methoxy groups -OCH3 is 1. The Labute approximate surface area is 98.9 Å². The monoisotopic (exact) mass is 221 g/mol. The van der Waals surface area contributed by atoms with Crippen molar-refractivity contribution in [1.29, 1.82) is 0 Å². The highest BCUT2D eigenvalue weighted by Gasteiger charge is 2.11. The van der Waals surface area contributed by atoms with Gasteiger partial charge in [0.05, 0.1) is 7.11 Å². The molecule has 2 nitrogen and oxygen atoms in total. The van der Waals surface area contributed by atoms with E-state index in [2.05, 4.69) is 25.7 Å². The fourth-order valence-electron chi connectivity index (χ4n) is 2.10. The van der Waals surface area contributed by atoms with E-state index < -0.39 is 0 Å². The molecule has 1 aliphatic carbocycles. The molecule has 0 fully saturated rings. The first kappa shape index (κ1) is 13.0. The van der Waals surface area contributed by atoms with E-state index in [9.17, 15) is 0 Å². The molecule has 0 aromatic rings.